The highest BCUT2D eigenvalue weighted by Crippen LogP contribution is 1.95. The lowest BCUT2D eigenvalue weighted by atomic mass is 10.2. The summed E-state index contributed by atoms with van der Waals surface area (Å²) in [7, 11) is 0. The van der Waals surface area contributed by atoms with E-state index in [1.165, 1.54) is 0 Å². The normalized spacial score (nSPS) is 10.0. The molecule has 1 heterocycles. The molecule has 82 valence electrons. The number of pyridine rings is 1. The fourth-order valence-electron chi connectivity index (χ4n) is 1.18. The van der Waals surface area contributed by atoms with Crippen molar-refractivity contribution in [3.05, 3.63) is 30.1 Å². The quantitative estimate of drug-likeness (QED) is 0.546. The van der Waals surface area contributed by atoms with Crippen LogP contribution in [0.15, 0.2) is 24.5 Å². The Kier molecular flexibility index (Phi) is 4.77. The van der Waals surface area contributed by atoms with E-state index in [9.17, 15) is 4.79 Å². The van der Waals surface area contributed by atoms with Crippen molar-refractivity contribution in [2.24, 2.45) is 0 Å². The Morgan fingerprint density at radius 3 is 2.67 bits per heavy atom. The van der Waals surface area contributed by atoms with E-state index in [4.69, 9.17) is 5.11 Å². The Morgan fingerprint density at radius 1 is 1.47 bits per heavy atom. The molecule has 0 saturated carbocycles. The van der Waals surface area contributed by atoms with Crippen LogP contribution in [-0.2, 0) is 6.73 Å². The molecule has 0 spiro atoms. The lowest BCUT2D eigenvalue weighted by molar-refractivity contribution is -0.729. The number of aromatic nitrogens is 1. The molecule has 0 atom stereocenters. The molecule has 0 aliphatic carbocycles. The Hall–Kier alpha value is -1.42. The van der Waals surface area contributed by atoms with Gasteiger partial charge in [0.25, 0.3) is 5.91 Å². The number of aliphatic hydroxyl groups excluding tert-OH is 1. The summed E-state index contributed by atoms with van der Waals surface area (Å²) in [6.45, 7) is 2.72. The van der Waals surface area contributed by atoms with Gasteiger partial charge in [-0.05, 0) is 6.42 Å². The van der Waals surface area contributed by atoms with Crippen LogP contribution in [0.2, 0.25) is 0 Å². The van der Waals surface area contributed by atoms with Crippen molar-refractivity contribution in [2.75, 3.05) is 6.54 Å². The smallest absolute Gasteiger partial charge is 0.251 e. The van der Waals surface area contributed by atoms with Gasteiger partial charge in [0.15, 0.2) is 12.4 Å². The second kappa shape index (κ2) is 6.14. The zero-order valence-corrected chi connectivity index (χ0v) is 8.94. The number of carbonyl (C=O) groups is 1. The maximum atomic E-state index is 11.5. The summed E-state index contributed by atoms with van der Waals surface area (Å²) < 4.78 is 1.59. The summed E-state index contributed by atoms with van der Waals surface area (Å²) in [5.41, 5.74) is 0.621. The minimum Gasteiger partial charge on any atom is -0.352 e. The van der Waals surface area contributed by atoms with Crippen LogP contribution >= 0.6 is 0 Å². The molecule has 0 saturated heterocycles. The van der Waals surface area contributed by atoms with Crippen LogP contribution in [0, 0.1) is 0 Å². The summed E-state index contributed by atoms with van der Waals surface area (Å²) >= 11 is 0. The summed E-state index contributed by atoms with van der Waals surface area (Å²) in [6.07, 6.45) is 5.41. The van der Waals surface area contributed by atoms with Crippen molar-refractivity contribution in [1.29, 1.82) is 0 Å². The maximum absolute atomic E-state index is 11.5. The van der Waals surface area contributed by atoms with Crippen molar-refractivity contribution < 1.29 is 14.5 Å². The lowest BCUT2D eigenvalue weighted by Crippen LogP contribution is -2.33. The molecule has 1 aromatic heterocycles. The number of rotatable bonds is 5. The molecule has 4 heteroatoms. The Bertz CT molecular complexity index is 309. The zero-order chi connectivity index (χ0) is 11.1. The molecule has 0 radical (unpaired) electrons. The highest BCUT2D eigenvalue weighted by Gasteiger charge is 2.06. The predicted molar refractivity (Wildman–Crippen MR) is 56.1 cm³/mol. The molecule has 0 unspecified atom stereocenters. The van der Waals surface area contributed by atoms with Gasteiger partial charge in [0.2, 0.25) is 6.73 Å². The Morgan fingerprint density at radius 2 is 2.13 bits per heavy atom. The largest absolute Gasteiger partial charge is 0.352 e. The average molecular weight is 209 g/mol. The molecule has 0 bridgehead atoms. The standard InChI is InChI=1S/C11H16N2O2/c1-2-3-6-12-11(15)10-4-7-13(9-14)8-5-10/h4-5,7-8,14H,2-3,6,9H2,1H3/p+1. The number of nitrogens with one attached hydrogen (secondary N) is 1. The first kappa shape index (κ1) is 11.7. The van der Waals surface area contributed by atoms with Crippen molar-refractivity contribution in [2.45, 2.75) is 26.5 Å². The third kappa shape index (κ3) is 3.67. The number of aliphatic hydroxyl groups is 1. The molecule has 0 aromatic carbocycles. The third-order valence-electron chi connectivity index (χ3n) is 2.13. The molecule has 1 amide bonds. The van der Waals surface area contributed by atoms with Crippen molar-refractivity contribution in [3.63, 3.8) is 0 Å². The first-order valence-electron chi connectivity index (χ1n) is 5.16. The Labute approximate surface area is 89.6 Å². The zero-order valence-electron chi connectivity index (χ0n) is 8.94. The molecular weight excluding hydrogens is 192 g/mol. The number of unbranched alkanes of at least 4 members (excludes halogenated alkanes) is 1. The summed E-state index contributed by atoms with van der Waals surface area (Å²) in [6, 6.07) is 3.38. The number of amides is 1. The van der Waals surface area contributed by atoms with Crippen LogP contribution in [0.3, 0.4) is 0 Å². The van der Waals surface area contributed by atoms with Crippen LogP contribution in [-0.4, -0.2) is 17.6 Å². The van der Waals surface area contributed by atoms with Crippen LogP contribution in [0.1, 0.15) is 30.1 Å². The second-order valence-corrected chi connectivity index (χ2v) is 3.35. The van der Waals surface area contributed by atoms with Crippen molar-refractivity contribution in [1.82, 2.24) is 5.32 Å². The van der Waals surface area contributed by atoms with Crippen LogP contribution < -0.4 is 9.88 Å². The van der Waals surface area contributed by atoms with Gasteiger partial charge < -0.3 is 10.4 Å². The van der Waals surface area contributed by atoms with E-state index in [0.717, 1.165) is 12.8 Å². The minimum atomic E-state index is -0.0717. The number of carbonyl (C=O) groups excluding carboxylic acids is 1. The molecular formula is C11H17N2O2+. The highest BCUT2D eigenvalue weighted by molar-refractivity contribution is 5.93. The van der Waals surface area contributed by atoms with Crippen LogP contribution in [0.5, 0.6) is 0 Å². The molecule has 2 N–H and O–H groups in total. The van der Waals surface area contributed by atoms with Gasteiger partial charge in [0, 0.05) is 18.7 Å². The van der Waals surface area contributed by atoms with Crippen molar-refractivity contribution >= 4 is 5.91 Å². The molecule has 1 aromatic rings. The number of nitrogens with zero attached hydrogens (tertiary/aromatic N) is 1. The molecule has 0 aliphatic heterocycles. The SMILES string of the molecule is CCCCNC(=O)c1cc[n+](CO)cc1. The topological polar surface area (TPSA) is 53.2 Å². The van der Waals surface area contributed by atoms with Gasteiger partial charge in [-0.1, -0.05) is 13.3 Å². The van der Waals surface area contributed by atoms with Gasteiger partial charge in [0.05, 0.1) is 5.56 Å². The van der Waals surface area contributed by atoms with Crippen molar-refractivity contribution in [3.8, 4) is 0 Å². The van der Waals surface area contributed by atoms with E-state index >= 15 is 0 Å². The van der Waals surface area contributed by atoms with Gasteiger partial charge >= 0.3 is 0 Å². The number of hydrogen-bond donors (Lipinski definition) is 2. The minimum absolute atomic E-state index is 0.0615. The molecule has 0 fully saturated rings. The predicted octanol–water partition coefficient (Wildman–Crippen LogP) is 0.454. The van der Waals surface area contributed by atoms with Gasteiger partial charge in [-0.2, -0.15) is 4.57 Å². The fourth-order valence-corrected chi connectivity index (χ4v) is 1.18. The lowest BCUT2D eigenvalue weighted by Gasteiger charge is -2.02. The monoisotopic (exact) mass is 209 g/mol. The molecule has 4 nitrogen and oxygen atoms in total. The van der Waals surface area contributed by atoms with E-state index in [0.29, 0.717) is 12.1 Å². The molecule has 0 aliphatic rings. The average Bonchev–Trinajstić information content (AvgIpc) is 2.29. The first-order chi connectivity index (χ1) is 7.27. The number of hydrogen-bond acceptors (Lipinski definition) is 2. The second-order valence-electron chi connectivity index (χ2n) is 3.35. The maximum Gasteiger partial charge on any atom is 0.251 e. The Balaban J connectivity index is 2.50. The van der Waals surface area contributed by atoms with E-state index in [2.05, 4.69) is 12.2 Å². The fraction of sp³-hybridized carbons (Fsp3) is 0.455. The van der Waals surface area contributed by atoms with Crippen LogP contribution in [0.25, 0.3) is 0 Å². The highest BCUT2D eigenvalue weighted by atomic mass is 16.3. The van der Waals surface area contributed by atoms with E-state index in [1.807, 2.05) is 0 Å². The summed E-state index contributed by atoms with van der Waals surface area (Å²) in [5, 5.41) is 11.6. The summed E-state index contributed by atoms with van der Waals surface area (Å²) in [5.74, 6) is -0.0615. The van der Waals surface area contributed by atoms with Gasteiger partial charge in [-0.3, -0.25) is 4.79 Å². The van der Waals surface area contributed by atoms with E-state index in [-0.39, 0.29) is 12.6 Å². The van der Waals surface area contributed by atoms with Gasteiger partial charge in [-0.25, -0.2) is 0 Å². The molecule has 1 rings (SSSR count). The molecule has 15 heavy (non-hydrogen) atoms. The van der Waals surface area contributed by atoms with Gasteiger partial charge in [-0.15, -0.1) is 0 Å². The third-order valence-corrected chi connectivity index (χ3v) is 2.13. The van der Waals surface area contributed by atoms with E-state index < -0.39 is 0 Å². The van der Waals surface area contributed by atoms with E-state index in [1.54, 1.807) is 29.1 Å². The first-order valence-corrected chi connectivity index (χ1v) is 5.16. The van der Waals surface area contributed by atoms with Crippen LogP contribution in [0.4, 0.5) is 0 Å². The van der Waals surface area contributed by atoms with Gasteiger partial charge in [0.1, 0.15) is 0 Å². The summed E-state index contributed by atoms with van der Waals surface area (Å²) in [4.78, 5) is 11.5.